The highest BCUT2D eigenvalue weighted by Gasteiger charge is 2.34. The molecule has 5 nitrogen and oxygen atoms in total. The first-order chi connectivity index (χ1) is 15.0. The number of halogens is 1. The number of ether oxygens (including phenoxy) is 3. The Morgan fingerprint density at radius 3 is 2.29 bits per heavy atom. The number of hydrogen-bond acceptors (Lipinski definition) is 4. The van der Waals surface area contributed by atoms with Gasteiger partial charge in [0.2, 0.25) is 0 Å². The molecule has 4 rings (SSSR count). The highest BCUT2D eigenvalue weighted by Crippen LogP contribution is 2.41. The lowest BCUT2D eigenvalue weighted by Gasteiger charge is -2.38. The van der Waals surface area contributed by atoms with E-state index in [2.05, 4.69) is 0 Å². The summed E-state index contributed by atoms with van der Waals surface area (Å²) in [4.78, 5) is 15.4. The topological polar surface area (TPSA) is 48.0 Å². The summed E-state index contributed by atoms with van der Waals surface area (Å²) < 4.78 is 16.4. The van der Waals surface area contributed by atoms with Crippen molar-refractivity contribution in [2.75, 3.05) is 27.9 Å². The molecular formula is C25H24ClNO4. The minimum atomic E-state index is -0.277. The monoisotopic (exact) mass is 437 g/mol. The lowest BCUT2D eigenvalue weighted by molar-refractivity contribution is 0.0694. The van der Waals surface area contributed by atoms with Gasteiger partial charge in [-0.1, -0.05) is 29.8 Å². The van der Waals surface area contributed by atoms with Crippen molar-refractivity contribution in [1.29, 1.82) is 0 Å². The van der Waals surface area contributed by atoms with Gasteiger partial charge in [0, 0.05) is 17.1 Å². The number of carbonyl (C=O) groups excluding carboxylic acids is 1. The maximum Gasteiger partial charge on any atom is 0.254 e. The summed E-state index contributed by atoms with van der Waals surface area (Å²) in [6.07, 6.45) is 0.717. The number of hydrogen-bond donors (Lipinski definition) is 0. The van der Waals surface area contributed by atoms with E-state index in [-0.39, 0.29) is 11.9 Å². The Morgan fingerprint density at radius 1 is 0.935 bits per heavy atom. The van der Waals surface area contributed by atoms with Crippen LogP contribution in [0.2, 0.25) is 5.02 Å². The molecule has 31 heavy (non-hydrogen) atoms. The molecule has 0 saturated heterocycles. The number of rotatable bonds is 5. The molecule has 0 spiro atoms. The molecule has 1 heterocycles. The summed E-state index contributed by atoms with van der Waals surface area (Å²) in [7, 11) is 4.88. The fraction of sp³-hybridized carbons (Fsp3) is 0.240. The highest BCUT2D eigenvalue weighted by molar-refractivity contribution is 6.30. The summed E-state index contributed by atoms with van der Waals surface area (Å²) in [5, 5.41) is 0.538. The predicted octanol–water partition coefficient (Wildman–Crippen LogP) is 5.15. The highest BCUT2D eigenvalue weighted by atomic mass is 35.5. The lowest BCUT2D eigenvalue weighted by atomic mass is 9.87. The van der Waals surface area contributed by atoms with Gasteiger partial charge in [-0.05, 0) is 65.6 Å². The Balaban J connectivity index is 1.84. The fourth-order valence-electron chi connectivity index (χ4n) is 4.10. The van der Waals surface area contributed by atoms with Crippen LogP contribution >= 0.6 is 11.6 Å². The molecule has 160 valence electrons. The van der Waals surface area contributed by atoms with E-state index in [0.717, 1.165) is 22.4 Å². The van der Waals surface area contributed by atoms with Crippen molar-refractivity contribution < 1.29 is 19.0 Å². The zero-order valence-electron chi connectivity index (χ0n) is 17.7. The number of nitrogens with zero attached hydrogens (tertiary/aromatic N) is 1. The van der Waals surface area contributed by atoms with Crippen LogP contribution in [-0.2, 0) is 6.42 Å². The fourth-order valence-corrected chi connectivity index (χ4v) is 4.29. The van der Waals surface area contributed by atoms with E-state index < -0.39 is 0 Å². The number of amides is 1. The second-order valence-corrected chi connectivity index (χ2v) is 7.78. The molecule has 1 aliphatic heterocycles. The molecule has 0 saturated carbocycles. The quantitative estimate of drug-likeness (QED) is 0.553. The normalized spacial score (nSPS) is 15.2. The molecule has 3 aromatic rings. The first-order valence-electron chi connectivity index (χ1n) is 10.0. The van der Waals surface area contributed by atoms with Crippen molar-refractivity contribution >= 4 is 17.5 Å². The van der Waals surface area contributed by atoms with Crippen LogP contribution in [-0.4, -0.2) is 38.7 Å². The first kappa shape index (κ1) is 21.1. The number of benzene rings is 3. The number of carbonyl (C=O) groups is 1. The van der Waals surface area contributed by atoms with Crippen molar-refractivity contribution in [3.63, 3.8) is 0 Å². The largest absolute Gasteiger partial charge is 0.497 e. The molecule has 1 aliphatic rings. The van der Waals surface area contributed by atoms with Gasteiger partial charge in [0.1, 0.15) is 5.75 Å². The maximum absolute atomic E-state index is 13.5. The summed E-state index contributed by atoms with van der Waals surface area (Å²) in [6.45, 7) is 0.574. The van der Waals surface area contributed by atoms with E-state index in [1.165, 1.54) is 0 Å². The molecular weight excluding hydrogens is 414 g/mol. The Hall–Kier alpha value is -3.18. The molecule has 1 unspecified atom stereocenters. The van der Waals surface area contributed by atoms with Gasteiger partial charge in [0.25, 0.3) is 5.91 Å². The van der Waals surface area contributed by atoms with Crippen molar-refractivity contribution in [2.45, 2.75) is 12.5 Å². The van der Waals surface area contributed by atoms with Crippen LogP contribution in [0.25, 0.3) is 0 Å². The summed E-state index contributed by atoms with van der Waals surface area (Å²) >= 11 is 6.15. The Bertz CT molecular complexity index is 1100. The van der Waals surface area contributed by atoms with Gasteiger partial charge < -0.3 is 19.1 Å². The van der Waals surface area contributed by atoms with E-state index in [4.69, 9.17) is 25.8 Å². The van der Waals surface area contributed by atoms with Gasteiger partial charge in [-0.25, -0.2) is 0 Å². The predicted molar refractivity (Wildman–Crippen MR) is 121 cm³/mol. The van der Waals surface area contributed by atoms with Gasteiger partial charge in [0.15, 0.2) is 11.5 Å². The number of fused-ring (bicyclic) bond motifs is 1. The third-order valence-corrected chi connectivity index (χ3v) is 5.87. The second-order valence-electron chi connectivity index (χ2n) is 7.34. The SMILES string of the molecule is COc1ccc(C2c3cc(OC)c(OC)cc3CCN2C(=O)c2cccc(Cl)c2)cc1. The van der Waals surface area contributed by atoms with Gasteiger partial charge in [0.05, 0.1) is 27.4 Å². The van der Waals surface area contributed by atoms with Gasteiger partial charge in [-0.15, -0.1) is 0 Å². The second kappa shape index (κ2) is 8.90. The molecule has 6 heteroatoms. The minimum Gasteiger partial charge on any atom is -0.497 e. The summed E-state index contributed by atoms with van der Waals surface area (Å²) in [5.74, 6) is 2.02. The molecule has 1 atom stereocenters. The van der Waals surface area contributed by atoms with E-state index in [1.807, 2.05) is 41.3 Å². The first-order valence-corrected chi connectivity index (χ1v) is 10.4. The molecule has 0 aromatic heterocycles. The molecule has 3 aromatic carbocycles. The van der Waals surface area contributed by atoms with Crippen LogP contribution in [0.3, 0.4) is 0 Å². The maximum atomic E-state index is 13.5. The standard InChI is InChI=1S/C25H24ClNO4/c1-29-20-9-7-16(8-10-20)24-21-15-23(31-3)22(30-2)14-17(21)11-12-27(24)25(28)18-5-4-6-19(26)13-18/h4-10,13-15,24H,11-12H2,1-3H3. The lowest BCUT2D eigenvalue weighted by Crippen LogP contribution is -2.40. The molecule has 0 bridgehead atoms. The summed E-state index contributed by atoms with van der Waals surface area (Å²) in [6, 6.07) is 18.6. The molecule has 0 N–H and O–H groups in total. The van der Waals surface area contributed by atoms with Crippen LogP contribution in [0.1, 0.15) is 33.1 Å². The van der Waals surface area contributed by atoms with Crippen molar-refractivity contribution in [3.05, 3.63) is 87.9 Å². The smallest absolute Gasteiger partial charge is 0.254 e. The number of methoxy groups -OCH3 is 3. The molecule has 0 aliphatic carbocycles. The molecule has 1 amide bonds. The Kier molecular flexibility index (Phi) is 6.05. The van der Waals surface area contributed by atoms with Crippen molar-refractivity contribution in [2.24, 2.45) is 0 Å². The Morgan fingerprint density at radius 2 is 1.65 bits per heavy atom. The van der Waals surface area contributed by atoms with Crippen LogP contribution in [0.5, 0.6) is 17.2 Å². The third-order valence-electron chi connectivity index (χ3n) is 5.64. The van der Waals surface area contributed by atoms with E-state index >= 15 is 0 Å². The Labute approximate surface area is 187 Å². The van der Waals surface area contributed by atoms with Gasteiger partial charge >= 0.3 is 0 Å². The van der Waals surface area contributed by atoms with Crippen LogP contribution < -0.4 is 14.2 Å². The zero-order valence-corrected chi connectivity index (χ0v) is 18.5. The van der Waals surface area contributed by atoms with Crippen LogP contribution in [0, 0.1) is 0 Å². The van der Waals surface area contributed by atoms with Crippen LogP contribution in [0.4, 0.5) is 0 Å². The zero-order chi connectivity index (χ0) is 22.0. The van der Waals surface area contributed by atoms with Gasteiger partial charge in [-0.2, -0.15) is 0 Å². The molecule has 0 radical (unpaired) electrons. The van der Waals surface area contributed by atoms with Crippen molar-refractivity contribution in [3.8, 4) is 17.2 Å². The van der Waals surface area contributed by atoms with Crippen molar-refractivity contribution in [1.82, 2.24) is 4.90 Å². The average molecular weight is 438 g/mol. The summed E-state index contributed by atoms with van der Waals surface area (Å²) in [5.41, 5.74) is 3.71. The van der Waals surface area contributed by atoms with Gasteiger partial charge in [-0.3, -0.25) is 4.79 Å². The van der Waals surface area contributed by atoms with E-state index in [9.17, 15) is 4.79 Å². The minimum absolute atomic E-state index is 0.0660. The van der Waals surface area contributed by atoms with E-state index in [1.54, 1.807) is 45.6 Å². The molecule has 0 fully saturated rings. The van der Waals surface area contributed by atoms with E-state index in [0.29, 0.717) is 35.1 Å². The average Bonchev–Trinajstić information content (AvgIpc) is 2.82. The third kappa shape index (κ3) is 4.06. The van der Waals surface area contributed by atoms with Crippen LogP contribution in [0.15, 0.2) is 60.7 Å².